The first kappa shape index (κ1) is 12.5. The summed E-state index contributed by atoms with van der Waals surface area (Å²) in [6, 6.07) is 16.8. The van der Waals surface area contributed by atoms with Gasteiger partial charge in [0.2, 0.25) is 5.78 Å². The Hall–Kier alpha value is -2.92. The van der Waals surface area contributed by atoms with Crippen LogP contribution in [0.25, 0.3) is 48.1 Å². The van der Waals surface area contributed by atoms with Gasteiger partial charge in [0.05, 0.1) is 32.3 Å². The smallest absolute Gasteiger partial charge is 0.215 e. The van der Waals surface area contributed by atoms with Crippen LogP contribution in [-0.4, -0.2) is 18.9 Å². The van der Waals surface area contributed by atoms with E-state index in [4.69, 9.17) is 4.98 Å². The molecular weight excluding hydrogens is 316 g/mol. The predicted octanol–water partition coefficient (Wildman–Crippen LogP) is 4.74. The molecule has 0 fully saturated rings. The van der Waals surface area contributed by atoms with Gasteiger partial charge in [0.1, 0.15) is 0 Å². The van der Waals surface area contributed by atoms with Crippen molar-refractivity contribution in [3.63, 3.8) is 0 Å². The lowest BCUT2D eigenvalue weighted by Crippen LogP contribution is -1.89. The molecule has 0 aliphatic rings. The Balaban J connectivity index is 1.97. The standard InChI is InChI=1S/C19H12N4S/c1-22-18-13(23-12-6-3-2-5-11(12)21-19(22)23)8-9-14-16(18)17-15(24-14)7-4-10-20-17/h2-10H,1H3. The maximum Gasteiger partial charge on any atom is 0.215 e. The van der Waals surface area contributed by atoms with Crippen LogP contribution in [0.1, 0.15) is 0 Å². The molecular formula is C19H12N4S. The van der Waals surface area contributed by atoms with Gasteiger partial charge in [-0.1, -0.05) is 12.1 Å². The van der Waals surface area contributed by atoms with E-state index in [0.29, 0.717) is 0 Å². The number of thiophene rings is 1. The number of pyridine rings is 1. The number of hydrogen-bond acceptors (Lipinski definition) is 3. The maximum absolute atomic E-state index is 4.83. The molecule has 0 aliphatic carbocycles. The van der Waals surface area contributed by atoms with Crippen molar-refractivity contribution < 1.29 is 0 Å². The molecule has 0 bridgehead atoms. The Labute approximate surface area is 140 Å². The third-order valence-electron chi connectivity index (χ3n) is 4.77. The first-order valence-corrected chi connectivity index (χ1v) is 8.66. The summed E-state index contributed by atoms with van der Waals surface area (Å²) >= 11 is 1.80. The van der Waals surface area contributed by atoms with Crippen molar-refractivity contribution in [2.45, 2.75) is 0 Å². The number of benzene rings is 2. The molecule has 114 valence electrons. The van der Waals surface area contributed by atoms with E-state index in [-0.39, 0.29) is 0 Å². The second kappa shape index (κ2) is 4.13. The van der Waals surface area contributed by atoms with Crippen molar-refractivity contribution in [3.8, 4) is 0 Å². The number of imidazole rings is 2. The van der Waals surface area contributed by atoms with E-state index >= 15 is 0 Å². The van der Waals surface area contributed by atoms with Gasteiger partial charge >= 0.3 is 0 Å². The van der Waals surface area contributed by atoms with Crippen LogP contribution in [0.15, 0.2) is 54.7 Å². The van der Waals surface area contributed by atoms with Crippen LogP contribution in [0.3, 0.4) is 0 Å². The molecule has 0 saturated carbocycles. The van der Waals surface area contributed by atoms with Crippen molar-refractivity contribution in [3.05, 3.63) is 54.7 Å². The average Bonchev–Trinajstić information content (AvgIpc) is 3.25. The summed E-state index contributed by atoms with van der Waals surface area (Å²) in [5, 5.41) is 1.23. The zero-order valence-corrected chi connectivity index (χ0v) is 13.7. The van der Waals surface area contributed by atoms with Crippen molar-refractivity contribution in [1.29, 1.82) is 0 Å². The predicted molar refractivity (Wildman–Crippen MR) is 99.9 cm³/mol. The fraction of sp³-hybridized carbons (Fsp3) is 0.0526. The summed E-state index contributed by atoms with van der Waals surface area (Å²) in [5.41, 5.74) is 5.63. The number of hydrogen-bond donors (Lipinski definition) is 0. The summed E-state index contributed by atoms with van der Waals surface area (Å²) in [6.07, 6.45) is 1.87. The lowest BCUT2D eigenvalue weighted by atomic mass is 10.2. The molecule has 5 heteroatoms. The molecule has 24 heavy (non-hydrogen) atoms. The van der Waals surface area contributed by atoms with E-state index in [1.54, 1.807) is 11.3 Å². The van der Waals surface area contributed by atoms with E-state index < -0.39 is 0 Å². The first-order chi connectivity index (χ1) is 11.8. The molecule has 4 nitrogen and oxygen atoms in total. The SMILES string of the molecule is Cn1c2c3c(ccc2n2c4ccccc4nc12)sc1cccnc13. The van der Waals surface area contributed by atoms with Crippen LogP contribution in [0.2, 0.25) is 0 Å². The quantitative estimate of drug-likeness (QED) is 0.403. The average molecular weight is 328 g/mol. The van der Waals surface area contributed by atoms with Crippen LogP contribution in [0.5, 0.6) is 0 Å². The minimum Gasteiger partial charge on any atom is -0.312 e. The van der Waals surface area contributed by atoms with Crippen molar-refractivity contribution >= 4 is 59.5 Å². The van der Waals surface area contributed by atoms with Crippen molar-refractivity contribution in [2.75, 3.05) is 0 Å². The molecule has 6 rings (SSSR count). The summed E-state index contributed by atoms with van der Waals surface area (Å²) in [5.74, 6) is 0.967. The normalized spacial score (nSPS) is 12.4. The van der Waals surface area contributed by atoms with E-state index in [2.05, 4.69) is 57.4 Å². The zero-order chi connectivity index (χ0) is 15.8. The van der Waals surface area contributed by atoms with E-state index in [1.807, 2.05) is 18.3 Å². The van der Waals surface area contributed by atoms with Crippen molar-refractivity contribution in [2.24, 2.45) is 7.05 Å². The third-order valence-corrected chi connectivity index (χ3v) is 5.87. The number of aryl methyl sites for hydroxylation is 1. The summed E-state index contributed by atoms with van der Waals surface area (Å²) in [6.45, 7) is 0. The molecule has 0 atom stereocenters. The van der Waals surface area contributed by atoms with Gasteiger partial charge in [-0.15, -0.1) is 11.3 Å². The van der Waals surface area contributed by atoms with Crippen molar-refractivity contribution in [1.82, 2.24) is 18.9 Å². The van der Waals surface area contributed by atoms with Gasteiger partial charge in [-0.3, -0.25) is 9.38 Å². The molecule has 0 saturated heterocycles. The highest BCUT2D eigenvalue weighted by molar-refractivity contribution is 7.25. The highest BCUT2D eigenvalue weighted by atomic mass is 32.1. The maximum atomic E-state index is 4.83. The van der Waals surface area contributed by atoms with Gasteiger partial charge in [0, 0.05) is 23.3 Å². The fourth-order valence-electron chi connectivity index (χ4n) is 3.75. The summed E-state index contributed by atoms with van der Waals surface area (Å²) in [4.78, 5) is 9.48. The Morgan fingerprint density at radius 3 is 2.79 bits per heavy atom. The van der Waals surface area contributed by atoms with Gasteiger partial charge in [-0.2, -0.15) is 0 Å². The number of nitrogens with zero attached hydrogens (tertiary/aromatic N) is 4. The topological polar surface area (TPSA) is 35.1 Å². The molecule has 4 heterocycles. The van der Waals surface area contributed by atoms with Gasteiger partial charge in [0.15, 0.2) is 0 Å². The van der Waals surface area contributed by atoms with Crippen LogP contribution in [-0.2, 0) is 7.05 Å². The number of para-hydroxylation sites is 2. The Bertz CT molecular complexity index is 1420. The molecule has 0 unspecified atom stereocenters. The van der Waals surface area contributed by atoms with Crippen LogP contribution >= 0.6 is 11.3 Å². The lowest BCUT2D eigenvalue weighted by molar-refractivity contribution is 0.977. The highest BCUT2D eigenvalue weighted by Crippen LogP contribution is 2.38. The largest absolute Gasteiger partial charge is 0.312 e. The molecule has 0 aliphatic heterocycles. The molecule has 0 N–H and O–H groups in total. The number of rotatable bonds is 0. The molecule has 0 amide bonds. The van der Waals surface area contributed by atoms with E-state index in [1.165, 1.54) is 25.8 Å². The second-order valence-electron chi connectivity index (χ2n) is 6.05. The summed E-state index contributed by atoms with van der Waals surface area (Å²) < 4.78 is 6.93. The molecule has 2 aromatic carbocycles. The Morgan fingerprint density at radius 2 is 1.83 bits per heavy atom. The monoisotopic (exact) mass is 328 g/mol. The van der Waals surface area contributed by atoms with Gasteiger partial charge in [0.25, 0.3) is 0 Å². The second-order valence-corrected chi connectivity index (χ2v) is 7.14. The fourth-order valence-corrected chi connectivity index (χ4v) is 4.82. The molecule has 0 radical (unpaired) electrons. The lowest BCUT2D eigenvalue weighted by Gasteiger charge is -1.99. The number of aromatic nitrogens is 4. The molecule has 6 aromatic rings. The molecule has 4 aromatic heterocycles. The van der Waals surface area contributed by atoms with Gasteiger partial charge in [-0.05, 0) is 36.4 Å². The van der Waals surface area contributed by atoms with E-state index in [0.717, 1.165) is 22.3 Å². The minimum absolute atomic E-state index is 0.967. The van der Waals surface area contributed by atoms with Crippen LogP contribution in [0.4, 0.5) is 0 Å². The number of fused-ring (bicyclic) bond motifs is 9. The molecule has 0 spiro atoms. The first-order valence-electron chi connectivity index (χ1n) is 7.85. The zero-order valence-electron chi connectivity index (χ0n) is 12.9. The van der Waals surface area contributed by atoms with E-state index in [9.17, 15) is 0 Å². The third kappa shape index (κ3) is 1.35. The van der Waals surface area contributed by atoms with Crippen LogP contribution < -0.4 is 0 Å². The minimum atomic E-state index is 0.967. The summed E-state index contributed by atoms with van der Waals surface area (Å²) in [7, 11) is 2.09. The Morgan fingerprint density at radius 1 is 0.917 bits per heavy atom. The Kier molecular flexibility index (Phi) is 2.15. The van der Waals surface area contributed by atoms with Gasteiger partial charge < -0.3 is 4.57 Å². The highest BCUT2D eigenvalue weighted by Gasteiger charge is 2.18. The van der Waals surface area contributed by atoms with Gasteiger partial charge in [-0.25, -0.2) is 4.98 Å². The van der Waals surface area contributed by atoms with Crippen LogP contribution in [0, 0.1) is 0 Å².